The summed E-state index contributed by atoms with van der Waals surface area (Å²) < 4.78 is 119. The van der Waals surface area contributed by atoms with E-state index in [-0.39, 0.29) is 5.96 Å². The second kappa shape index (κ2) is 31.0. The molecule has 4 aromatic rings. The van der Waals surface area contributed by atoms with E-state index >= 15 is 0 Å². The Morgan fingerprint density at radius 1 is 0.429 bits per heavy atom. The molecule has 0 amide bonds. The normalized spacial score (nSPS) is 10.5. The first-order valence-electron chi connectivity index (χ1n) is 18.3. The van der Waals surface area contributed by atoms with Crippen molar-refractivity contribution in [3.63, 3.8) is 0 Å². The molecule has 0 atom stereocenters. The molecular formula is C37H49N3O26S4. The highest BCUT2D eigenvalue weighted by atomic mass is 32.2. The molecule has 0 unspecified atom stereocenters. The number of hydrogen-bond donors (Lipinski definition) is 17. The molecule has 0 fully saturated rings. The van der Waals surface area contributed by atoms with Gasteiger partial charge in [-0.2, -0.15) is 33.7 Å². The van der Waals surface area contributed by atoms with E-state index in [0.29, 0.717) is 37.5 Å². The highest BCUT2D eigenvalue weighted by Crippen LogP contribution is 2.24. The third kappa shape index (κ3) is 27.6. The number of guanidine groups is 1. The van der Waals surface area contributed by atoms with Crippen LogP contribution in [0, 0.1) is 5.41 Å². The Hall–Kier alpha value is -7.21. The summed E-state index contributed by atoms with van der Waals surface area (Å²) in [5.41, 5.74) is 6.61. The monoisotopic (exact) mass is 1080 g/mol. The first kappa shape index (κ1) is 67.1. The van der Waals surface area contributed by atoms with Crippen LogP contribution < -0.4 is 11.5 Å². The fraction of sp³-hybridized carbons (Fsp3) is 0.216. The van der Waals surface area contributed by atoms with Gasteiger partial charge in [-0.15, -0.1) is 0 Å². The number of carboxylic acids is 4. The number of aromatic hydroxyl groups is 4. The molecule has 4 aromatic carbocycles. The van der Waals surface area contributed by atoms with Crippen molar-refractivity contribution in [2.24, 2.45) is 11.5 Å². The maximum absolute atomic E-state index is 10.6. The van der Waals surface area contributed by atoms with Gasteiger partial charge < -0.3 is 62.5 Å². The van der Waals surface area contributed by atoms with Crippen molar-refractivity contribution in [3.8, 4) is 23.0 Å². The lowest BCUT2D eigenvalue weighted by Crippen LogP contribution is -2.20. The van der Waals surface area contributed by atoms with E-state index in [2.05, 4.69) is 25.3 Å². The van der Waals surface area contributed by atoms with E-state index in [1.807, 2.05) is 0 Å². The number of nitrogens with two attached hydrogens (primary N) is 2. The van der Waals surface area contributed by atoms with Crippen LogP contribution in [0.15, 0.2) is 92.4 Å². The summed E-state index contributed by atoms with van der Waals surface area (Å²) >= 11 is 0. The molecule has 0 aliphatic heterocycles. The number of benzene rings is 4. The van der Waals surface area contributed by atoms with Crippen LogP contribution in [0.3, 0.4) is 0 Å². The number of hydrogen-bond acceptors (Lipinski definition) is 19. The molecule has 392 valence electrons. The zero-order valence-electron chi connectivity index (χ0n) is 36.1. The Labute approximate surface area is 398 Å². The van der Waals surface area contributed by atoms with Gasteiger partial charge in [0.2, 0.25) is 0 Å². The van der Waals surface area contributed by atoms with E-state index in [9.17, 15) is 52.8 Å². The van der Waals surface area contributed by atoms with Crippen LogP contribution in [0.25, 0.3) is 0 Å². The summed E-state index contributed by atoms with van der Waals surface area (Å²) in [7, 11) is -17.8. The van der Waals surface area contributed by atoms with Gasteiger partial charge in [-0.05, 0) is 85.6 Å². The Morgan fingerprint density at radius 3 is 0.671 bits per heavy atom. The van der Waals surface area contributed by atoms with Gasteiger partial charge in [0.25, 0.3) is 40.5 Å². The molecule has 0 heterocycles. The highest BCUT2D eigenvalue weighted by Gasteiger charge is 2.19. The maximum Gasteiger partial charge on any atom is 0.339 e. The van der Waals surface area contributed by atoms with Crippen LogP contribution in [0.2, 0.25) is 0 Å². The number of rotatable bonds is 12. The molecule has 0 radical (unpaired) electrons. The minimum atomic E-state index is -4.45. The highest BCUT2D eigenvalue weighted by molar-refractivity contribution is 7.86. The molecule has 0 aliphatic rings. The number of nitrogens with one attached hydrogen (secondary N) is 1. The Morgan fingerprint density at radius 2 is 0.586 bits per heavy atom. The summed E-state index contributed by atoms with van der Waals surface area (Å²) in [6, 6.07) is 9.82. The number of aliphatic hydroxyl groups excluding tert-OH is 2. The van der Waals surface area contributed by atoms with Gasteiger partial charge in [0, 0.05) is 13.2 Å². The third-order valence-corrected chi connectivity index (χ3v) is 10.4. The van der Waals surface area contributed by atoms with Gasteiger partial charge in [0.05, 0.1) is 19.6 Å². The van der Waals surface area contributed by atoms with Gasteiger partial charge in [-0.25, -0.2) is 19.2 Å². The van der Waals surface area contributed by atoms with Crippen molar-refractivity contribution >= 4 is 70.3 Å². The SMILES string of the molecule is CCCCO.CCCCO.N=C(N)N.O=C(O)c1cc(S(=O)(=O)O)ccc1O.O=C(O)c1cc(S(=O)(=O)O)ccc1O.O=C(O)c1cc(S(=O)(=O)O)ccc1O.O=C(O)c1cc(S(=O)(=O)O)ccc1O. The van der Waals surface area contributed by atoms with E-state index in [1.54, 1.807) is 0 Å². The van der Waals surface area contributed by atoms with Crippen LogP contribution in [0.1, 0.15) is 81.0 Å². The van der Waals surface area contributed by atoms with Crippen LogP contribution in [0.5, 0.6) is 23.0 Å². The average molecular weight is 1080 g/mol. The minimum absolute atomic E-state index is 0.333. The quantitative estimate of drug-likeness (QED) is 0.0546. The predicted octanol–water partition coefficient (Wildman–Crippen LogP) is 1.74. The number of carbonyl (C=O) groups is 4. The van der Waals surface area contributed by atoms with Crippen molar-refractivity contribution in [1.82, 2.24) is 0 Å². The Kier molecular flexibility index (Phi) is 29.7. The van der Waals surface area contributed by atoms with E-state index in [0.717, 1.165) is 74.2 Å². The van der Waals surface area contributed by atoms with Crippen LogP contribution in [-0.2, 0) is 40.5 Å². The summed E-state index contributed by atoms with van der Waals surface area (Å²) in [6.45, 7) is 4.79. The molecule has 0 saturated heterocycles. The number of carboxylic acid groups (broad SMARTS) is 4. The molecule has 0 aromatic heterocycles. The van der Waals surface area contributed by atoms with Crippen molar-refractivity contribution in [2.75, 3.05) is 13.2 Å². The molecule has 4 rings (SSSR count). The first-order valence-corrected chi connectivity index (χ1v) is 24.1. The van der Waals surface area contributed by atoms with Gasteiger partial charge in [-0.1, -0.05) is 26.7 Å². The third-order valence-electron chi connectivity index (χ3n) is 7.01. The second-order valence-electron chi connectivity index (χ2n) is 12.4. The summed E-state index contributed by atoms with van der Waals surface area (Å²) in [5, 5.41) is 92.3. The summed E-state index contributed by atoms with van der Waals surface area (Å²) in [6.07, 6.45) is 4.08. The second-order valence-corrected chi connectivity index (χ2v) is 18.1. The van der Waals surface area contributed by atoms with E-state index in [1.165, 1.54) is 0 Å². The van der Waals surface area contributed by atoms with Crippen LogP contribution in [0.4, 0.5) is 0 Å². The molecule has 0 bridgehead atoms. The molecule has 29 nitrogen and oxygen atoms in total. The van der Waals surface area contributed by atoms with Gasteiger partial charge in [0.1, 0.15) is 45.3 Å². The molecule has 0 saturated carbocycles. The molecule has 0 spiro atoms. The van der Waals surface area contributed by atoms with Crippen LogP contribution in [-0.4, -0.2) is 146 Å². The van der Waals surface area contributed by atoms with Crippen molar-refractivity contribution in [1.29, 1.82) is 5.41 Å². The van der Waals surface area contributed by atoms with Crippen molar-refractivity contribution in [3.05, 3.63) is 95.1 Å². The zero-order chi connectivity index (χ0) is 55.5. The molecule has 70 heavy (non-hydrogen) atoms. The van der Waals surface area contributed by atoms with Gasteiger partial charge in [-0.3, -0.25) is 23.6 Å². The molecular weight excluding hydrogens is 1030 g/mol. The van der Waals surface area contributed by atoms with Gasteiger partial charge in [0.15, 0.2) is 5.96 Å². The molecule has 0 aliphatic carbocycles. The maximum atomic E-state index is 10.6. The number of unbranched alkanes of at least 4 members (excludes halogenated alkanes) is 2. The Bertz CT molecular complexity index is 2490. The minimum Gasteiger partial charge on any atom is -0.507 e. The smallest absolute Gasteiger partial charge is 0.339 e. The number of aliphatic hydroxyl groups is 2. The molecule has 19 N–H and O–H groups in total. The molecule has 33 heteroatoms. The lowest BCUT2D eigenvalue weighted by molar-refractivity contribution is 0.0682. The first-order chi connectivity index (χ1) is 31.8. The van der Waals surface area contributed by atoms with Crippen LogP contribution >= 0.6 is 0 Å². The summed E-state index contributed by atoms with van der Waals surface area (Å²) in [5.74, 6) is -8.51. The standard InChI is InChI=1S/4C7H6O6S.2C4H10O.CH5N3/c4*8-6-2-1-4(14(11,12)13)3-5(6)7(9)10;2*1-2-3-4-5;2-1(3)4/h4*1-3,8H,(H,9,10)(H,11,12,13);2*5H,2-4H2,1H3;(H5,2,3,4). The zero-order valence-corrected chi connectivity index (χ0v) is 39.4. The fourth-order valence-corrected chi connectivity index (χ4v) is 5.73. The van der Waals surface area contributed by atoms with Crippen molar-refractivity contribution < 1.29 is 122 Å². The predicted molar refractivity (Wildman–Crippen MR) is 240 cm³/mol. The number of aromatic carboxylic acids is 4. The topological polar surface area (TPSA) is 564 Å². The lowest BCUT2D eigenvalue weighted by Gasteiger charge is -2.01. The van der Waals surface area contributed by atoms with E-state index < -0.39 is 129 Å². The van der Waals surface area contributed by atoms with Gasteiger partial charge >= 0.3 is 23.9 Å². The number of phenols is 4. The lowest BCUT2D eigenvalue weighted by atomic mass is 10.2. The van der Waals surface area contributed by atoms with Crippen molar-refractivity contribution in [2.45, 2.75) is 59.1 Å². The largest absolute Gasteiger partial charge is 0.507 e. The average Bonchev–Trinajstić information content (AvgIpc) is 3.21. The fourth-order valence-electron chi connectivity index (χ4n) is 3.70. The Balaban J connectivity index is -0.000000783. The summed E-state index contributed by atoms with van der Waals surface area (Å²) in [4.78, 5) is 39.6. The van der Waals surface area contributed by atoms with E-state index in [4.69, 9.17) is 74.7 Å².